The third-order valence-electron chi connectivity index (χ3n) is 3.01. The van der Waals surface area contributed by atoms with E-state index in [0.717, 1.165) is 18.7 Å². The highest BCUT2D eigenvalue weighted by Gasteiger charge is 2.29. The molecular weight excluding hydrogens is 262 g/mol. The Morgan fingerprint density at radius 3 is 2.90 bits per heavy atom. The lowest BCUT2D eigenvalue weighted by atomic mass is 10.4. The Morgan fingerprint density at radius 1 is 1.50 bits per heavy atom. The zero-order valence-electron chi connectivity index (χ0n) is 11.7. The van der Waals surface area contributed by atoms with E-state index in [4.69, 9.17) is 4.74 Å². The Morgan fingerprint density at radius 2 is 2.25 bits per heavy atom. The molecule has 1 heterocycles. The molecule has 2 amide bonds. The predicted octanol–water partition coefficient (Wildman–Crippen LogP) is -0.483. The van der Waals surface area contributed by atoms with Gasteiger partial charge in [-0.2, -0.15) is 0 Å². The fourth-order valence-electron chi connectivity index (χ4n) is 1.72. The number of nitrogens with zero attached hydrogens (tertiary/aromatic N) is 3. The molecule has 1 aromatic heterocycles. The maximum Gasteiger partial charge on any atom is 0.293 e. The van der Waals surface area contributed by atoms with Crippen molar-refractivity contribution in [1.29, 1.82) is 0 Å². The molecule has 8 heteroatoms. The number of carbonyl (C=O) groups is 2. The van der Waals surface area contributed by atoms with Gasteiger partial charge in [0.25, 0.3) is 5.91 Å². The minimum absolute atomic E-state index is 0.0319. The zero-order valence-corrected chi connectivity index (χ0v) is 11.7. The number of H-pyrrole nitrogens is 1. The van der Waals surface area contributed by atoms with Crippen molar-refractivity contribution >= 4 is 11.8 Å². The van der Waals surface area contributed by atoms with Gasteiger partial charge in [0.1, 0.15) is 5.82 Å². The maximum absolute atomic E-state index is 12.0. The van der Waals surface area contributed by atoms with E-state index in [1.807, 2.05) is 0 Å². The van der Waals surface area contributed by atoms with Crippen molar-refractivity contribution in [3.63, 3.8) is 0 Å². The molecule has 1 aromatic rings. The van der Waals surface area contributed by atoms with Crippen LogP contribution in [-0.4, -0.2) is 65.7 Å². The SMILES string of the molecule is COCCNC(=O)CN(C)C(=O)c1n[nH]c(C2CC2)n1. The summed E-state index contributed by atoms with van der Waals surface area (Å²) >= 11 is 0. The van der Waals surface area contributed by atoms with Crippen molar-refractivity contribution in [2.75, 3.05) is 33.9 Å². The summed E-state index contributed by atoms with van der Waals surface area (Å²) in [5.74, 6) is 0.669. The average molecular weight is 281 g/mol. The summed E-state index contributed by atoms with van der Waals surface area (Å²) in [5, 5.41) is 9.32. The minimum Gasteiger partial charge on any atom is -0.383 e. The van der Waals surface area contributed by atoms with Gasteiger partial charge in [-0.1, -0.05) is 0 Å². The van der Waals surface area contributed by atoms with Crippen LogP contribution in [0.25, 0.3) is 0 Å². The Balaban J connectivity index is 1.82. The van der Waals surface area contributed by atoms with Gasteiger partial charge >= 0.3 is 0 Å². The molecule has 1 aliphatic rings. The third kappa shape index (κ3) is 3.77. The van der Waals surface area contributed by atoms with Gasteiger partial charge in [0.05, 0.1) is 13.2 Å². The van der Waals surface area contributed by atoms with Crippen LogP contribution in [0.15, 0.2) is 0 Å². The normalized spacial score (nSPS) is 14.1. The monoisotopic (exact) mass is 281 g/mol. The van der Waals surface area contributed by atoms with Crippen LogP contribution in [0, 0.1) is 0 Å². The standard InChI is InChI=1S/C12H19N5O3/c1-17(7-9(18)13-5-6-20-2)12(19)11-14-10(15-16-11)8-3-4-8/h8H,3-7H2,1-2H3,(H,13,18)(H,14,15,16). The molecule has 2 rings (SSSR count). The van der Waals surface area contributed by atoms with Crippen molar-refractivity contribution in [2.45, 2.75) is 18.8 Å². The van der Waals surface area contributed by atoms with Gasteiger partial charge in [0, 0.05) is 26.6 Å². The van der Waals surface area contributed by atoms with Crippen molar-refractivity contribution in [3.8, 4) is 0 Å². The van der Waals surface area contributed by atoms with Crippen LogP contribution in [0.4, 0.5) is 0 Å². The number of hydrogen-bond donors (Lipinski definition) is 2. The lowest BCUT2D eigenvalue weighted by Gasteiger charge is -2.14. The molecule has 0 atom stereocenters. The van der Waals surface area contributed by atoms with Crippen LogP contribution in [0.1, 0.15) is 35.2 Å². The second-order valence-corrected chi connectivity index (χ2v) is 4.82. The Bertz CT molecular complexity index is 483. The van der Waals surface area contributed by atoms with Crippen LogP contribution < -0.4 is 5.32 Å². The highest BCUT2D eigenvalue weighted by Crippen LogP contribution is 2.37. The quantitative estimate of drug-likeness (QED) is 0.657. The molecule has 0 aliphatic heterocycles. The van der Waals surface area contributed by atoms with Crippen molar-refractivity contribution in [3.05, 3.63) is 11.6 Å². The summed E-state index contributed by atoms with van der Waals surface area (Å²) in [5.41, 5.74) is 0. The number of methoxy groups -OCH3 is 1. The van der Waals surface area contributed by atoms with E-state index < -0.39 is 0 Å². The topological polar surface area (TPSA) is 100 Å². The third-order valence-corrected chi connectivity index (χ3v) is 3.01. The first-order chi connectivity index (χ1) is 9.61. The molecule has 8 nitrogen and oxygen atoms in total. The average Bonchev–Trinajstić information content (AvgIpc) is 3.16. The number of aromatic nitrogens is 3. The molecule has 1 aliphatic carbocycles. The molecule has 1 saturated carbocycles. The van der Waals surface area contributed by atoms with Crippen molar-refractivity contribution < 1.29 is 14.3 Å². The summed E-state index contributed by atoms with van der Waals surface area (Å²) in [4.78, 5) is 29.1. The molecule has 0 unspecified atom stereocenters. The second kappa shape index (κ2) is 6.47. The Hall–Kier alpha value is -1.96. The van der Waals surface area contributed by atoms with Gasteiger partial charge in [-0.15, -0.1) is 5.10 Å². The highest BCUT2D eigenvalue weighted by molar-refractivity contribution is 5.93. The summed E-state index contributed by atoms with van der Waals surface area (Å²) in [7, 11) is 3.11. The molecular formula is C12H19N5O3. The lowest BCUT2D eigenvalue weighted by Crippen LogP contribution is -2.39. The predicted molar refractivity (Wildman–Crippen MR) is 70.2 cm³/mol. The van der Waals surface area contributed by atoms with E-state index in [9.17, 15) is 9.59 Å². The molecule has 0 spiro atoms. The first-order valence-electron chi connectivity index (χ1n) is 6.55. The number of hydrogen-bond acceptors (Lipinski definition) is 5. The largest absolute Gasteiger partial charge is 0.383 e. The molecule has 0 aromatic carbocycles. The van der Waals surface area contributed by atoms with Crippen LogP contribution in [0.3, 0.4) is 0 Å². The molecule has 0 radical (unpaired) electrons. The van der Waals surface area contributed by atoms with Gasteiger partial charge < -0.3 is 15.0 Å². The summed E-state index contributed by atoms with van der Waals surface area (Å²) < 4.78 is 4.83. The maximum atomic E-state index is 12.0. The summed E-state index contributed by atoms with van der Waals surface area (Å²) in [6.45, 7) is 0.828. The Labute approximate surface area is 116 Å². The molecule has 20 heavy (non-hydrogen) atoms. The van der Waals surface area contributed by atoms with E-state index in [-0.39, 0.29) is 24.2 Å². The number of ether oxygens (including phenoxy) is 1. The molecule has 0 bridgehead atoms. The second-order valence-electron chi connectivity index (χ2n) is 4.82. The Kier molecular flexibility index (Phi) is 4.67. The number of amides is 2. The molecule has 110 valence electrons. The van der Waals surface area contributed by atoms with Gasteiger partial charge in [0.2, 0.25) is 11.7 Å². The van der Waals surface area contributed by atoms with Gasteiger partial charge in [-0.25, -0.2) is 4.98 Å². The smallest absolute Gasteiger partial charge is 0.293 e. The minimum atomic E-state index is -0.366. The van der Waals surface area contributed by atoms with E-state index in [1.165, 1.54) is 4.90 Å². The highest BCUT2D eigenvalue weighted by atomic mass is 16.5. The van der Waals surface area contributed by atoms with Gasteiger partial charge in [-0.3, -0.25) is 14.7 Å². The van der Waals surface area contributed by atoms with Crippen LogP contribution >= 0.6 is 0 Å². The number of carbonyl (C=O) groups excluding carboxylic acids is 2. The zero-order chi connectivity index (χ0) is 14.5. The van der Waals surface area contributed by atoms with Crippen molar-refractivity contribution in [1.82, 2.24) is 25.4 Å². The van der Waals surface area contributed by atoms with Gasteiger partial charge in [-0.05, 0) is 12.8 Å². The van der Waals surface area contributed by atoms with Crippen molar-refractivity contribution in [2.24, 2.45) is 0 Å². The first kappa shape index (κ1) is 14.4. The van der Waals surface area contributed by atoms with E-state index >= 15 is 0 Å². The van der Waals surface area contributed by atoms with Gasteiger partial charge in [0.15, 0.2) is 0 Å². The number of nitrogens with one attached hydrogen (secondary N) is 2. The van der Waals surface area contributed by atoms with E-state index in [0.29, 0.717) is 19.1 Å². The van der Waals surface area contributed by atoms with Crippen LogP contribution in [0.2, 0.25) is 0 Å². The number of rotatable bonds is 7. The lowest BCUT2D eigenvalue weighted by molar-refractivity contribution is -0.121. The fraction of sp³-hybridized carbons (Fsp3) is 0.667. The first-order valence-corrected chi connectivity index (χ1v) is 6.55. The summed E-state index contributed by atoms with van der Waals surface area (Å²) in [6.07, 6.45) is 2.17. The fourth-order valence-corrected chi connectivity index (χ4v) is 1.72. The molecule has 0 saturated heterocycles. The summed E-state index contributed by atoms with van der Waals surface area (Å²) in [6, 6.07) is 0. The van der Waals surface area contributed by atoms with E-state index in [2.05, 4.69) is 20.5 Å². The van der Waals surface area contributed by atoms with Crippen LogP contribution in [0.5, 0.6) is 0 Å². The number of aromatic amines is 1. The van der Waals surface area contributed by atoms with Crippen LogP contribution in [-0.2, 0) is 9.53 Å². The molecule has 1 fully saturated rings. The molecule has 2 N–H and O–H groups in total. The number of likely N-dealkylation sites (N-methyl/N-ethyl adjacent to an activating group) is 1. The van der Waals surface area contributed by atoms with E-state index in [1.54, 1.807) is 14.2 Å².